The minimum atomic E-state index is 0.267. The molecule has 0 saturated carbocycles. The first-order valence-electron chi connectivity index (χ1n) is 2.80. The highest BCUT2D eigenvalue weighted by Crippen LogP contribution is 2.18. The van der Waals surface area contributed by atoms with Crippen LogP contribution >= 0.6 is 23.4 Å². The molecule has 56 valence electrons. The fraction of sp³-hybridized carbons (Fsp3) is 0. The van der Waals surface area contributed by atoms with Crippen molar-refractivity contribution in [3.05, 3.63) is 17.5 Å². The van der Waals surface area contributed by atoms with Crippen LogP contribution in [0.1, 0.15) is 0 Å². The van der Waals surface area contributed by atoms with Gasteiger partial charge in [0.15, 0.2) is 10.8 Å². The normalized spacial score (nSPS) is 10.7. The number of fused-ring (bicyclic) bond motifs is 1. The third kappa shape index (κ3) is 0.948. The Hall–Kier alpha value is -0.870. The second kappa shape index (κ2) is 2.32. The Kier molecular flexibility index (Phi) is 1.44. The molecule has 2 aromatic rings. The van der Waals surface area contributed by atoms with Gasteiger partial charge in [-0.15, -0.1) is 9.30 Å². The van der Waals surface area contributed by atoms with Gasteiger partial charge in [-0.05, 0) is 0 Å². The largest absolute Gasteiger partial charge is 0.248 e. The summed E-state index contributed by atoms with van der Waals surface area (Å²) in [6, 6.07) is 0. The summed E-state index contributed by atoms with van der Waals surface area (Å²) in [6.45, 7) is 0. The first-order chi connectivity index (χ1) is 5.29. The Bertz CT molecular complexity index is 360. The van der Waals surface area contributed by atoms with Gasteiger partial charge in [-0.2, -0.15) is 0 Å². The number of rotatable bonds is 0. The van der Waals surface area contributed by atoms with Crippen LogP contribution in [0.25, 0.3) is 11.2 Å². The average molecular weight is 189 g/mol. The Morgan fingerprint density at radius 3 is 2.73 bits per heavy atom. The lowest BCUT2D eigenvalue weighted by molar-refractivity contribution is 1.01. The van der Waals surface area contributed by atoms with E-state index in [2.05, 4.69) is 15.1 Å². The molecule has 0 unspecified atom stereocenters. The highest BCUT2D eigenvalue weighted by Gasteiger charge is 2.07. The SMILES string of the molecule is Clc1nn(Cl)c2nccnc12. The Morgan fingerprint density at radius 1 is 1.27 bits per heavy atom. The highest BCUT2D eigenvalue weighted by molar-refractivity contribution is 6.34. The van der Waals surface area contributed by atoms with Crippen LogP contribution in [0.3, 0.4) is 0 Å². The van der Waals surface area contributed by atoms with E-state index in [1.54, 1.807) is 0 Å². The van der Waals surface area contributed by atoms with Gasteiger partial charge in [0.05, 0.1) is 0 Å². The molecular weight excluding hydrogens is 187 g/mol. The van der Waals surface area contributed by atoms with E-state index in [-0.39, 0.29) is 5.15 Å². The van der Waals surface area contributed by atoms with Crippen LogP contribution in [-0.2, 0) is 0 Å². The third-order valence-corrected chi connectivity index (χ3v) is 1.71. The Labute approximate surface area is 71.9 Å². The van der Waals surface area contributed by atoms with Crippen molar-refractivity contribution < 1.29 is 0 Å². The maximum Gasteiger partial charge on any atom is 0.196 e. The van der Waals surface area contributed by atoms with Crippen molar-refractivity contribution in [2.45, 2.75) is 0 Å². The number of aromatic nitrogens is 4. The van der Waals surface area contributed by atoms with Crippen LogP contribution < -0.4 is 0 Å². The van der Waals surface area contributed by atoms with Gasteiger partial charge in [-0.1, -0.05) is 11.6 Å². The van der Waals surface area contributed by atoms with Gasteiger partial charge in [0.25, 0.3) is 0 Å². The van der Waals surface area contributed by atoms with E-state index < -0.39 is 0 Å². The van der Waals surface area contributed by atoms with E-state index in [4.69, 9.17) is 23.4 Å². The van der Waals surface area contributed by atoms with Crippen molar-refractivity contribution in [1.29, 1.82) is 0 Å². The smallest absolute Gasteiger partial charge is 0.196 e. The molecule has 4 nitrogen and oxygen atoms in total. The molecule has 0 aliphatic carbocycles. The zero-order valence-electron chi connectivity index (χ0n) is 5.20. The summed E-state index contributed by atoms with van der Waals surface area (Å²) < 4.78 is 1.07. The van der Waals surface area contributed by atoms with Crippen LogP contribution in [0, 0.1) is 0 Å². The van der Waals surface area contributed by atoms with Crippen molar-refractivity contribution in [2.75, 3.05) is 0 Å². The predicted octanol–water partition coefficient (Wildman–Crippen LogP) is 1.48. The van der Waals surface area contributed by atoms with Crippen molar-refractivity contribution in [2.24, 2.45) is 0 Å². The van der Waals surface area contributed by atoms with Crippen LogP contribution in [0.15, 0.2) is 12.4 Å². The molecule has 2 rings (SSSR count). The van der Waals surface area contributed by atoms with E-state index >= 15 is 0 Å². The highest BCUT2D eigenvalue weighted by atomic mass is 35.5. The maximum absolute atomic E-state index is 5.66. The molecular formula is C5H2Cl2N4. The number of hydrogen-bond acceptors (Lipinski definition) is 3. The van der Waals surface area contributed by atoms with Gasteiger partial charge in [-0.3, -0.25) is 0 Å². The maximum atomic E-state index is 5.66. The first kappa shape index (κ1) is 6.82. The fourth-order valence-electron chi connectivity index (χ4n) is 0.783. The molecule has 0 bridgehead atoms. The molecule has 0 aromatic carbocycles. The number of halogens is 2. The van der Waals surface area contributed by atoms with Gasteiger partial charge >= 0.3 is 0 Å². The van der Waals surface area contributed by atoms with Crippen LogP contribution in [-0.4, -0.2) is 19.3 Å². The van der Waals surface area contributed by atoms with Gasteiger partial charge in [0.2, 0.25) is 0 Å². The summed E-state index contributed by atoms with van der Waals surface area (Å²) in [5, 5.41) is 3.98. The van der Waals surface area contributed by atoms with Gasteiger partial charge in [0, 0.05) is 24.2 Å². The second-order valence-corrected chi connectivity index (χ2v) is 2.56. The molecule has 0 aliphatic rings. The molecule has 0 saturated heterocycles. The lowest BCUT2D eigenvalue weighted by Gasteiger charge is -1.85. The van der Waals surface area contributed by atoms with Crippen LogP contribution in [0.5, 0.6) is 0 Å². The summed E-state index contributed by atoms with van der Waals surface area (Å²) in [4.78, 5) is 7.86. The molecule has 0 aliphatic heterocycles. The molecule has 11 heavy (non-hydrogen) atoms. The molecule has 0 radical (unpaired) electrons. The second-order valence-electron chi connectivity index (χ2n) is 1.88. The van der Waals surface area contributed by atoms with E-state index in [1.807, 2.05) is 0 Å². The Balaban J connectivity index is 2.95. The lowest BCUT2D eigenvalue weighted by Crippen LogP contribution is -1.84. The average Bonchev–Trinajstić information content (AvgIpc) is 2.30. The number of nitrogens with zero attached hydrogens (tertiary/aromatic N) is 4. The van der Waals surface area contributed by atoms with E-state index in [0.717, 1.165) is 4.20 Å². The van der Waals surface area contributed by atoms with Gasteiger partial charge in [-0.25, -0.2) is 9.97 Å². The number of hydrogen-bond donors (Lipinski definition) is 0. The summed E-state index contributed by atoms with van der Waals surface area (Å²) in [5.41, 5.74) is 0.989. The molecule has 2 aromatic heterocycles. The van der Waals surface area contributed by atoms with Gasteiger partial charge < -0.3 is 0 Å². The van der Waals surface area contributed by atoms with Gasteiger partial charge in [0.1, 0.15) is 5.52 Å². The summed E-state index contributed by atoms with van der Waals surface area (Å²) in [5.74, 6) is 0. The standard InChI is InChI=1S/C5H2Cl2N4/c6-4-3-5(11(7)10-4)9-2-1-8-3/h1-2H. The zero-order chi connectivity index (χ0) is 7.84. The monoisotopic (exact) mass is 188 g/mol. The Morgan fingerprint density at radius 2 is 2.00 bits per heavy atom. The van der Waals surface area contributed by atoms with Crippen LogP contribution in [0.2, 0.25) is 5.15 Å². The van der Waals surface area contributed by atoms with E-state index in [9.17, 15) is 0 Å². The van der Waals surface area contributed by atoms with Crippen molar-refractivity contribution >= 4 is 34.5 Å². The lowest BCUT2D eigenvalue weighted by atomic mass is 10.6. The first-order valence-corrected chi connectivity index (χ1v) is 3.52. The minimum absolute atomic E-state index is 0.267. The molecule has 0 fully saturated rings. The van der Waals surface area contributed by atoms with Crippen molar-refractivity contribution in [3.8, 4) is 0 Å². The summed E-state index contributed by atoms with van der Waals surface area (Å²) >= 11 is 11.3. The molecule has 6 heteroatoms. The predicted molar refractivity (Wildman–Crippen MR) is 41.6 cm³/mol. The minimum Gasteiger partial charge on any atom is -0.248 e. The molecule has 0 atom stereocenters. The third-order valence-electron chi connectivity index (χ3n) is 1.22. The molecule has 2 heterocycles. The molecule has 0 amide bonds. The van der Waals surface area contributed by atoms with Crippen molar-refractivity contribution in [1.82, 2.24) is 19.3 Å². The van der Waals surface area contributed by atoms with Crippen molar-refractivity contribution in [3.63, 3.8) is 0 Å². The van der Waals surface area contributed by atoms with Crippen LogP contribution in [0.4, 0.5) is 0 Å². The fourth-order valence-corrected chi connectivity index (χ4v) is 1.23. The van der Waals surface area contributed by atoms with E-state index in [0.29, 0.717) is 11.2 Å². The van der Waals surface area contributed by atoms with E-state index in [1.165, 1.54) is 12.4 Å². The zero-order valence-corrected chi connectivity index (χ0v) is 6.71. The molecule has 0 N–H and O–H groups in total. The topological polar surface area (TPSA) is 43.6 Å². The molecule has 0 spiro atoms. The summed E-state index contributed by atoms with van der Waals surface area (Å²) in [7, 11) is 0. The quantitative estimate of drug-likeness (QED) is 0.630. The summed E-state index contributed by atoms with van der Waals surface area (Å²) in [6.07, 6.45) is 3.06.